The molecule has 6 nitrogen and oxygen atoms in total. The first-order valence-corrected chi connectivity index (χ1v) is 7.62. The van der Waals surface area contributed by atoms with E-state index < -0.39 is 9.84 Å². The second-order valence-corrected chi connectivity index (χ2v) is 6.61. The summed E-state index contributed by atoms with van der Waals surface area (Å²) in [7, 11) is 0.422. The number of rotatable bonds is 4. The first-order valence-electron chi connectivity index (χ1n) is 5.80. The van der Waals surface area contributed by atoms with Crippen molar-refractivity contribution in [2.24, 2.45) is 5.92 Å². The number of nitrogens with zero attached hydrogens (tertiary/aromatic N) is 2. The van der Waals surface area contributed by atoms with Gasteiger partial charge >= 0.3 is 0 Å². The highest BCUT2D eigenvalue weighted by Gasteiger charge is 2.35. The van der Waals surface area contributed by atoms with Gasteiger partial charge in [0.25, 0.3) is 0 Å². The first kappa shape index (κ1) is 13.2. The molecule has 0 aromatic carbocycles. The maximum atomic E-state index is 11.6. The van der Waals surface area contributed by atoms with Gasteiger partial charge in [-0.05, 0) is 19.4 Å². The van der Waals surface area contributed by atoms with Crippen LogP contribution >= 0.6 is 0 Å². The second-order valence-electron chi connectivity index (χ2n) is 4.38. The van der Waals surface area contributed by atoms with Gasteiger partial charge in [-0.1, -0.05) is 0 Å². The molecule has 2 atom stereocenters. The molecule has 2 heterocycles. The Balaban J connectivity index is 2.29. The lowest BCUT2D eigenvalue weighted by atomic mass is 9.96. The smallest absolute Gasteiger partial charge is 0.237 e. The number of methoxy groups -OCH3 is 1. The molecule has 0 radical (unpaired) electrons. The van der Waals surface area contributed by atoms with E-state index in [9.17, 15) is 8.42 Å². The Hall–Kier alpha value is -1.21. The average molecular weight is 271 g/mol. The molecule has 1 saturated heterocycles. The van der Waals surface area contributed by atoms with Crippen molar-refractivity contribution in [3.05, 3.63) is 18.1 Å². The van der Waals surface area contributed by atoms with Gasteiger partial charge in [-0.25, -0.2) is 13.4 Å². The standard InChI is InChI=1S/C11H17N3O3S/c1-12-9(8-3-6-18(15,16)7-8)10-11(17-2)14-5-4-13-10/h4-5,8-9,12H,3,6-7H2,1-2H3. The summed E-state index contributed by atoms with van der Waals surface area (Å²) in [5.41, 5.74) is 0.671. The topological polar surface area (TPSA) is 81.2 Å². The lowest BCUT2D eigenvalue weighted by molar-refractivity contribution is 0.353. The Kier molecular flexibility index (Phi) is 3.82. The van der Waals surface area contributed by atoms with E-state index in [1.165, 1.54) is 7.11 Å². The third-order valence-corrected chi connectivity index (χ3v) is 5.02. The Morgan fingerprint density at radius 2 is 2.17 bits per heavy atom. The van der Waals surface area contributed by atoms with Crippen LogP contribution in [0, 0.1) is 5.92 Å². The molecule has 1 aliphatic rings. The van der Waals surface area contributed by atoms with Crippen LogP contribution in [0.4, 0.5) is 0 Å². The lowest BCUT2D eigenvalue weighted by Crippen LogP contribution is -2.27. The minimum atomic E-state index is -2.91. The molecule has 0 amide bonds. The third-order valence-electron chi connectivity index (χ3n) is 3.23. The van der Waals surface area contributed by atoms with E-state index in [4.69, 9.17) is 4.74 Å². The van der Waals surface area contributed by atoms with Crippen molar-refractivity contribution in [2.75, 3.05) is 25.7 Å². The molecular formula is C11H17N3O3S. The van der Waals surface area contributed by atoms with E-state index >= 15 is 0 Å². The maximum Gasteiger partial charge on any atom is 0.237 e. The first-order chi connectivity index (χ1) is 8.57. The van der Waals surface area contributed by atoms with Gasteiger partial charge in [-0.2, -0.15) is 0 Å². The molecule has 2 unspecified atom stereocenters. The second kappa shape index (κ2) is 5.19. The molecule has 0 aliphatic carbocycles. The van der Waals surface area contributed by atoms with E-state index in [0.29, 0.717) is 18.0 Å². The van der Waals surface area contributed by atoms with Gasteiger partial charge < -0.3 is 10.1 Å². The lowest BCUT2D eigenvalue weighted by Gasteiger charge is -2.22. The van der Waals surface area contributed by atoms with Crippen LogP contribution in [0.25, 0.3) is 0 Å². The predicted molar refractivity (Wildman–Crippen MR) is 67.1 cm³/mol. The van der Waals surface area contributed by atoms with Crippen molar-refractivity contribution in [2.45, 2.75) is 12.5 Å². The van der Waals surface area contributed by atoms with Crippen LogP contribution in [0.2, 0.25) is 0 Å². The summed E-state index contributed by atoms with van der Waals surface area (Å²) < 4.78 is 28.3. The molecule has 1 aromatic rings. The van der Waals surface area contributed by atoms with Crippen LogP contribution < -0.4 is 10.1 Å². The largest absolute Gasteiger partial charge is 0.480 e. The molecule has 1 aliphatic heterocycles. The van der Waals surface area contributed by atoms with Crippen molar-refractivity contribution in [3.63, 3.8) is 0 Å². The molecule has 1 fully saturated rings. The van der Waals surface area contributed by atoms with Crippen molar-refractivity contribution in [3.8, 4) is 5.88 Å². The number of nitrogens with one attached hydrogen (secondary N) is 1. The van der Waals surface area contributed by atoms with Gasteiger partial charge in [0.2, 0.25) is 5.88 Å². The van der Waals surface area contributed by atoms with Gasteiger partial charge in [0.15, 0.2) is 9.84 Å². The van der Waals surface area contributed by atoms with E-state index in [1.54, 1.807) is 19.4 Å². The van der Waals surface area contributed by atoms with Crippen molar-refractivity contribution in [1.82, 2.24) is 15.3 Å². The summed E-state index contributed by atoms with van der Waals surface area (Å²) >= 11 is 0. The molecule has 0 saturated carbocycles. The minimum absolute atomic E-state index is 0.0191. The molecule has 7 heteroatoms. The van der Waals surface area contributed by atoms with E-state index in [2.05, 4.69) is 15.3 Å². The highest BCUT2D eigenvalue weighted by atomic mass is 32.2. The molecule has 100 valence electrons. The quantitative estimate of drug-likeness (QED) is 0.841. The molecule has 1 aromatic heterocycles. The fourth-order valence-corrected chi connectivity index (χ4v) is 4.23. The molecule has 2 rings (SSSR count). The molecule has 1 N–H and O–H groups in total. The predicted octanol–water partition coefficient (Wildman–Crippen LogP) is 0.180. The fraction of sp³-hybridized carbons (Fsp3) is 0.636. The van der Waals surface area contributed by atoms with Crippen molar-refractivity contribution < 1.29 is 13.2 Å². The summed E-state index contributed by atoms with van der Waals surface area (Å²) in [5.74, 6) is 0.906. The molecule has 0 spiro atoms. The van der Waals surface area contributed by atoms with Gasteiger partial charge in [0.05, 0.1) is 24.7 Å². The van der Waals surface area contributed by atoms with Crippen LogP contribution in [0.1, 0.15) is 18.2 Å². The van der Waals surface area contributed by atoms with Crippen molar-refractivity contribution in [1.29, 1.82) is 0 Å². The van der Waals surface area contributed by atoms with E-state index in [1.807, 2.05) is 0 Å². The number of aromatic nitrogens is 2. The van der Waals surface area contributed by atoms with Crippen LogP contribution in [-0.2, 0) is 9.84 Å². The Labute approximate surface area is 107 Å². The number of sulfone groups is 1. The van der Waals surface area contributed by atoms with E-state index in [0.717, 1.165) is 0 Å². The van der Waals surface area contributed by atoms with Crippen LogP contribution in [-0.4, -0.2) is 44.0 Å². The van der Waals surface area contributed by atoms with Crippen LogP contribution in [0.5, 0.6) is 5.88 Å². The Morgan fingerprint density at radius 1 is 1.44 bits per heavy atom. The Morgan fingerprint density at radius 3 is 2.72 bits per heavy atom. The SMILES string of the molecule is CNC(c1nccnc1OC)C1CCS(=O)(=O)C1. The van der Waals surface area contributed by atoms with Crippen LogP contribution in [0.15, 0.2) is 12.4 Å². The van der Waals surface area contributed by atoms with Gasteiger partial charge in [0.1, 0.15) is 5.69 Å². The van der Waals surface area contributed by atoms with Crippen LogP contribution in [0.3, 0.4) is 0 Å². The number of ether oxygens (including phenoxy) is 1. The summed E-state index contributed by atoms with van der Waals surface area (Å²) in [4.78, 5) is 8.37. The van der Waals surface area contributed by atoms with Crippen molar-refractivity contribution >= 4 is 9.84 Å². The summed E-state index contributed by atoms with van der Waals surface area (Å²) in [6, 6.07) is -0.147. The summed E-state index contributed by atoms with van der Waals surface area (Å²) in [5, 5.41) is 3.13. The number of hydrogen-bond acceptors (Lipinski definition) is 6. The van der Waals surface area contributed by atoms with Gasteiger partial charge in [0, 0.05) is 12.4 Å². The molecular weight excluding hydrogens is 254 g/mol. The zero-order valence-corrected chi connectivity index (χ0v) is 11.3. The van der Waals surface area contributed by atoms with Gasteiger partial charge in [-0.3, -0.25) is 4.98 Å². The normalized spacial score (nSPS) is 23.8. The van der Waals surface area contributed by atoms with E-state index in [-0.39, 0.29) is 23.5 Å². The maximum absolute atomic E-state index is 11.6. The Bertz CT molecular complexity index is 518. The fourth-order valence-electron chi connectivity index (χ4n) is 2.39. The third kappa shape index (κ3) is 2.62. The number of hydrogen-bond donors (Lipinski definition) is 1. The average Bonchev–Trinajstić information content (AvgIpc) is 2.71. The monoisotopic (exact) mass is 271 g/mol. The highest BCUT2D eigenvalue weighted by molar-refractivity contribution is 7.91. The summed E-state index contributed by atoms with van der Waals surface area (Å²) in [6.45, 7) is 0. The zero-order chi connectivity index (χ0) is 13.2. The minimum Gasteiger partial charge on any atom is -0.480 e. The summed E-state index contributed by atoms with van der Waals surface area (Å²) in [6.07, 6.45) is 3.79. The molecule has 18 heavy (non-hydrogen) atoms. The highest BCUT2D eigenvalue weighted by Crippen LogP contribution is 2.33. The zero-order valence-electron chi connectivity index (χ0n) is 10.5. The molecule has 0 bridgehead atoms. The van der Waals surface area contributed by atoms with Gasteiger partial charge in [-0.15, -0.1) is 0 Å².